The van der Waals surface area contributed by atoms with E-state index in [-0.39, 0.29) is 22.2 Å². The summed E-state index contributed by atoms with van der Waals surface area (Å²) >= 11 is 6.14. The second kappa shape index (κ2) is 8.03. The minimum atomic E-state index is -0.490. The van der Waals surface area contributed by atoms with E-state index in [4.69, 9.17) is 16.3 Å². The number of aromatic amines is 2. The van der Waals surface area contributed by atoms with Crippen LogP contribution < -0.4 is 5.32 Å². The molecule has 0 unspecified atom stereocenters. The fraction of sp³-hybridized carbons (Fsp3) is 0.0435. The summed E-state index contributed by atoms with van der Waals surface area (Å²) in [5.41, 5.74) is 3.24. The molecule has 8 nitrogen and oxygen atoms in total. The van der Waals surface area contributed by atoms with Crippen molar-refractivity contribution in [1.29, 1.82) is 0 Å². The number of fused-ring (bicyclic) bond motifs is 2. The SMILES string of the molecule is COC(=O)c1ccc2nc(C(=O)Nc3ccc4nc(-c5c(F)cccc5Cl)[nH]c4c3)[nH]c2c1. The maximum Gasteiger partial charge on any atom is 0.337 e. The number of anilines is 1. The Morgan fingerprint density at radius 1 is 1.00 bits per heavy atom. The highest BCUT2D eigenvalue weighted by Crippen LogP contribution is 2.30. The molecule has 0 aliphatic heterocycles. The van der Waals surface area contributed by atoms with Crippen LogP contribution in [0, 0.1) is 5.82 Å². The molecule has 0 fully saturated rings. The smallest absolute Gasteiger partial charge is 0.337 e. The van der Waals surface area contributed by atoms with E-state index in [9.17, 15) is 14.0 Å². The van der Waals surface area contributed by atoms with Gasteiger partial charge in [-0.25, -0.2) is 19.2 Å². The van der Waals surface area contributed by atoms with Crippen LogP contribution in [0.4, 0.5) is 10.1 Å². The first-order chi connectivity index (χ1) is 15.9. The summed E-state index contributed by atoms with van der Waals surface area (Å²) in [6.45, 7) is 0. The number of methoxy groups -OCH3 is 1. The highest BCUT2D eigenvalue weighted by Gasteiger charge is 2.16. The Bertz CT molecular complexity index is 1540. The number of imidazole rings is 2. The highest BCUT2D eigenvalue weighted by atomic mass is 35.5. The van der Waals surface area contributed by atoms with Gasteiger partial charge in [0.15, 0.2) is 5.82 Å². The first-order valence-electron chi connectivity index (χ1n) is 9.76. The average Bonchev–Trinajstić information content (AvgIpc) is 3.41. The van der Waals surface area contributed by atoms with Crippen LogP contribution in [0.1, 0.15) is 21.0 Å². The maximum absolute atomic E-state index is 14.2. The van der Waals surface area contributed by atoms with Gasteiger partial charge in [-0.05, 0) is 48.5 Å². The maximum atomic E-state index is 14.2. The second-order valence-corrected chi connectivity index (χ2v) is 7.58. The van der Waals surface area contributed by atoms with Gasteiger partial charge in [0, 0.05) is 5.69 Å². The third kappa shape index (κ3) is 3.79. The first-order valence-corrected chi connectivity index (χ1v) is 10.1. The van der Waals surface area contributed by atoms with Gasteiger partial charge in [0.25, 0.3) is 5.91 Å². The molecule has 5 rings (SSSR count). The lowest BCUT2D eigenvalue weighted by molar-refractivity contribution is 0.0600. The molecule has 33 heavy (non-hydrogen) atoms. The zero-order chi connectivity index (χ0) is 23.1. The van der Waals surface area contributed by atoms with Crippen molar-refractivity contribution in [3.05, 3.63) is 76.8 Å². The standard InChI is InChI=1S/C23H15ClFN5O3/c1-33-23(32)11-5-7-15-17(9-11)30-21(28-15)22(31)26-12-6-8-16-18(10-12)29-20(27-16)19-13(24)3-2-4-14(19)25/h2-10H,1H3,(H,26,31)(H,27,29)(H,28,30). The van der Waals surface area contributed by atoms with Gasteiger partial charge < -0.3 is 20.0 Å². The molecule has 3 N–H and O–H groups in total. The molecule has 1 amide bonds. The van der Waals surface area contributed by atoms with Crippen LogP contribution in [-0.4, -0.2) is 38.9 Å². The molecule has 3 aromatic carbocycles. The number of hydrogen-bond acceptors (Lipinski definition) is 5. The quantitative estimate of drug-likeness (QED) is 0.327. The van der Waals surface area contributed by atoms with Gasteiger partial charge in [0.2, 0.25) is 0 Å². The number of nitrogens with zero attached hydrogens (tertiary/aromatic N) is 2. The molecule has 0 aliphatic rings. The average molecular weight is 464 g/mol. The van der Waals surface area contributed by atoms with E-state index in [1.165, 1.54) is 19.2 Å². The summed E-state index contributed by atoms with van der Waals surface area (Å²) < 4.78 is 19.0. The minimum absolute atomic E-state index is 0.0792. The van der Waals surface area contributed by atoms with Crippen LogP contribution in [0.3, 0.4) is 0 Å². The van der Waals surface area contributed by atoms with Crippen LogP contribution in [0.2, 0.25) is 5.02 Å². The van der Waals surface area contributed by atoms with Gasteiger partial charge in [-0.1, -0.05) is 17.7 Å². The predicted molar refractivity (Wildman–Crippen MR) is 122 cm³/mol. The van der Waals surface area contributed by atoms with E-state index >= 15 is 0 Å². The molecular weight excluding hydrogens is 449 g/mol. The molecule has 0 radical (unpaired) electrons. The number of H-pyrrole nitrogens is 2. The Hall–Kier alpha value is -4.24. The summed E-state index contributed by atoms with van der Waals surface area (Å²) in [6.07, 6.45) is 0. The lowest BCUT2D eigenvalue weighted by atomic mass is 10.2. The Labute approximate surface area is 190 Å². The van der Waals surface area contributed by atoms with Gasteiger partial charge in [0.1, 0.15) is 11.6 Å². The first kappa shape index (κ1) is 20.7. The molecule has 2 aromatic heterocycles. The van der Waals surface area contributed by atoms with Crippen molar-refractivity contribution < 1.29 is 18.7 Å². The molecule has 164 valence electrons. The number of esters is 1. The predicted octanol–water partition coefficient (Wildman–Crippen LogP) is 4.94. The van der Waals surface area contributed by atoms with Gasteiger partial charge in [-0.3, -0.25) is 4.79 Å². The second-order valence-electron chi connectivity index (χ2n) is 7.18. The number of aromatic nitrogens is 4. The van der Waals surface area contributed by atoms with E-state index in [1.54, 1.807) is 42.5 Å². The van der Waals surface area contributed by atoms with Crippen molar-refractivity contribution in [2.45, 2.75) is 0 Å². The van der Waals surface area contributed by atoms with Crippen molar-refractivity contribution in [2.24, 2.45) is 0 Å². The van der Waals surface area contributed by atoms with Gasteiger partial charge in [-0.15, -0.1) is 0 Å². The van der Waals surface area contributed by atoms with Gasteiger partial charge in [0.05, 0.1) is 45.3 Å². The number of hydrogen-bond donors (Lipinski definition) is 3. The Morgan fingerprint density at radius 2 is 1.76 bits per heavy atom. The fourth-order valence-corrected chi connectivity index (χ4v) is 3.73. The monoisotopic (exact) mass is 463 g/mol. The zero-order valence-electron chi connectivity index (χ0n) is 17.1. The molecule has 0 bridgehead atoms. The highest BCUT2D eigenvalue weighted by molar-refractivity contribution is 6.33. The van der Waals surface area contributed by atoms with Crippen molar-refractivity contribution >= 4 is 51.2 Å². The third-order valence-electron chi connectivity index (χ3n) is 5.06. The number of nitrogens with one attached hydrogen (secondary N) is 3. The molecule has 0 saturated carbocycles. The molecule has 0 atom stereocenters. The van der Waals surface area contributed by atoms with Crippen molar-refractivity contribution in [2.75, 3.05) is 12.4 Å². The zero-order valence-corrected chi connectivity index (χ0v) is 17.8. The van der Waals surface area contributed by atoms with Crippen molar-refractivity contribution in [3.63, 3.8) is 0 Å². The summed E-state index contributed by atoms with van der Waals surface area (Å²) in [6, 6.07) is 14.2. The molecular formula is C23H15ClFN5O3. The number of ether oxygens (including phenoxy) is 1. The molecule has 0 aliphatic carbocycles. The molecule has 5 aromatic rings. The lowest BCUT2D eigenvalue weighted by Crippen LogP contribution is -2.13. The molecule has 10 heteroatoms. The largest absolute Gasteiger partial charge is 0.465 e. The Kier molecular flexibility index (Phi) is 5.02. The van der Waals surface area contributed by atoms with E-state index in [0.29, 0.717) is 33.3 Å². The summed E-state index contributed by atoms with van der Waals surface area (Å²) in [7, 11) is 1.29. The summed E-state index contributed by atoms with van der Waals surface area (Å²) in [4.78, 5) is 39.0. The van der Waals surface area contributed by atoms with Crippen LogP contribution >= 0.6 is 11.6 Å². The molecule has 0 spiro atoms. The van der Waals surface area contributed by atoms with Crippen LogP contribution in [0.25, 0.3) is 33.5 Å². The summed E-state index contributed by atoms with van der Waals surface area (Å²) in [5.74, 6) is -1.08. The van der Waals surface area contributed by atoms with E-state index < -0.39 is 17.7 Å². The summed E-state index contributed by atoms with van der Waals surface area (Å²) in [5, 5.41) is 3.00. The van der Waals surface area contributed by atoms with E-state index in [2.05, 4.69) is 25.3 Å². The number of benzene rings is 3. The third-order valence-corrected chi connectivity index (χ3v) is 5.37. The lowest BCUT2D eigenvalue weighted by Gasteiger charge is -2.02. The number of rotatable bonds is 4. The number of halogens is 2. The van der Waals surface area contributed by atoms with Crippen molar-refractivity contribution in [1.82, 2.24) is 19.9 Å². The molecule has 2 heterocycles. The van der Waals surface area contributed by atoms with Crippen LogP contribution in [0.5, 0.6) is 0 Å². The van der Waals surface area contributed by atoms with E-state index in [1.807, 2.05) is 0 Å². The Balaban J connectivity index is 1.42. The number of carbonyl (C=O) groups is 2. The topological polar surface area (TPSA) is 113 Å². The van der Waals surface area contributed by atoms with Crippen LogP contribution in [-0.2, 0) is 4.74 Å². The molecule has 0 saturated heterocycles. The van der Waals surface area contributed by atoms with Crippen molar-refractivity contribution in [3.8, 4) is 11.4 Å². The van der Waals surface area contributed by atoms with Gasteiger partial charge >= 0.3 is 5.97 Å². The minimum Gasteiger partial charge on any atom is -0.465 e. The van der Waals surface area contributed by atoms with Crippen LogP contribution in [0.15, 0.2) is 54.6 Å². The Morgan fingerprint density at radius 3 is 2.55 bits per heavy atom. The van der Waals surface area contributed by atoms with E-state index in [0.717, 1.165) is 0 Å². The normalized spacial score (nSPS) is 11.1. The van der Waals surface area contributed by atoms with Gasteiger partial charge in [-0.2, -0.15) is 0 Å². The number of carbonyl (C=O) groups excluding carboxylic acids is 2. The fourth-order valence-electron chi connectivity index (χ4n) is 3.48. The number of amides is 1.